The standard InChI is InChI=1S/C19H24F3N5O2/c1-25-15(19(20,21)22)13(7-23-25)4-12-5-17(6-12)8-26(9-17)16(29)27-10-18(11-27)3-2-14(28)24-18/h7,12H,2-6,8-11H2,1H3,(H,24,28). The van der Waals surface area contributed by atoms with Gasteiger partial charge in [-0.2, -0.15) is 18.3 Å². The van der Waals surface area contributed by atoms with E-state index in [9.17, 15) is 22.8 Å². The number of aryl methyl sites for hydroxylation is 1. The molecule has 0 atom stereocenters. The van der Waals surface area contributed by atoms with Crippen LogP contribution in [0.3, 0.4) is 0 Å². The van der Waals surface area contributed by atoms with Crippen LogP contribution in [0, 0.1) is 11.3 Å². The summed E-state index contributed by atoms with van der Waals surface area (Å²) < 4.78 is 40.5. The highest BCUT2D eigenvalue weighted by atomic mass is 19.4. The van der Waals surface area contributed by atoms with Crippen LogP contribution in [0.1, 0.15) is 36.9 Å². The maximum Gasteiger partial charge on any atom is 0.433 e. The number of urea groups is 1. The molecule has 5 rings (SSSR count). The third kappa shape index (κ3) is 2.98. The van der Waals surface area contributed by atoms with Gasteiger partial charge in [-0.25, -0.2) is 4.79 Å². The molecule has 3 aliphatic heterocycles. The number of likely N-dealkylation sites (tertiary alicyclic amines) is 2. The number of nitrogens with zero attached hydrogens (tertiary/aromatic N) is 4. The molecule has 29 heavy (non-hydrogen) atoms. The number of halogens is 3. The number of carbonyl (C=O) groups excluding carboxylic acids is 2. The minimum atomic E-state index is -4.39. The van der Waals surface area contributed by atoms with Crippen molar-refractivity contribution in [1.82, 2.24) is 24.9 Å². The lowest BCUT2D eigenvalue weighted by atomic mass is 9.56. The molecule has 1 aliphatic carbocycles. The predicted octanol–water partition coefficient (Wildman–Crippen LogP) is 1.78. The fourth-order valence-electron chi connectivity index (χ4n) is 5.81. The molecule has 10 heteroatoms. The third-order valence-electron chi connectivity index (χ3n) is 7.05. The lowest BCUT2D eigenvalue weighted by Crippen LogP contribution is -2.73. The van der Waals surface area contributed by atoms with E-state index in [4.69, 9.17) is 0 Å². The summed E-state index contributed by atoms with van der Waals surface area (Å²) >= 11 is 0. The van der Waals surface area contributed by atoms with Crippen molar-refractivity contribution in [1.29, 1.82) is 0 Å². The molecule has 3 saturated heterocycles. The van der Waals surface area contributed by atoms with E-state index in [0.29, 0.717) is 39.0 Å². The molecule has 4 heterocycles. The topological polar surface area (TPSA) is 70.5 Å². The monoisotopic (exact) mass is 411 g/mol. The Morgan fingerprint density at radius 3 is 2.48 bits per heavy atom. The van der Waals surface area contributed by atoms with Gasteiger partial charge in [0.15, 0.2) is 0 Å². The van der Waals surface area contributed by atoms with Crippen LogP contribution >= 0.6 is 0 Å². The molecule has 0 radical (unpaired) electrons. The first-order valence-electron chi connectivity index (χ1n) is 10.0. The number of hydrogen-bond donors (Lipinski definition) is 1. The average Bonchev–Trinajstić information content (AvgIpc) is 3.09. The lowest BCUT2D eigenvalue weighted by molar-refractivity contribution is -0.144. The fraction of sp³-hybridized carbons (Fsp3) is 0.737. The van der Waals surface area contributed by atoms with E-state index < -0.39 is 11.9 Å². The Morgan fingerprint density at radius 2 is 1.90 bits per heavy atom. The van der Waals surface area contributed by atoms with Crippen LogP contribution in [0.25, 0.3) is 0 Å². The van der Waals surface area contributed by atoms with Gasteiger partial charge in [0.2, 0.25) is 5.91 Å². The Balaban J connectivity index is 1.10. The van der Waals surface area contributed by atoms with Crippen LogP contribution in [-0.4, -0.2) is 63.2 Å². The Labute approximate surface area is 166 Å². The average molecular weight is 411 g/mol. The summed E-state index contributed by atoms with van der Waals surface area (Å²) in [6.07, 6.45) is 0.332. The number of aromatic nitrogens is 2. The first-order chi connectivity index (χ1) is 13.6. The summed E-state index contributed by atoms with van der Waals surface area (Å²) in [7, 11) is 1.32. The zero-order chi connectivity index (χ0) is 20.6. The van der Waals surface area contributed by atoms with Crippen molar-refractivity contribution in [3.63, 3.8) is 0 Å². The summed E-state index contributed by atoms with van der Waals surface area (Å²) in [5.41, 5.74) is -0.534. The molecule has 0 bridgehead atoms. The first-order valence-corrected chi connectivity index (χ1v) is 10.0. The Hall–Kier alpha value is -2.26. The molecule has 0 unspecified atom stereocenters. The van der Waals surface area contributed by atoms with Gasteiger partial charge in [0.25, 0.3) is 0 Å². The highest BCUT2D eigenvalue weighted by Gasteiger charge is 2.57. The number of alkyl halides is 3. The zero-order valence-corrected chi connectivity index (χ0v) is 16.3. The maximum atomic E-state index is 13.2. The second kappa shape index (κ2) is 5.89. The van der Waals surface area contributed by atoms with Crippen molar-refractivity contribution in [3.8, 4) is 0 Å². The van der Waals surface area contributed by atoms with Crippen molar-refractivity contribution < 1.29 is 22.8 Å². The molecular weight excluding hydrogens is 387 g/mol. The quantitative estimate of drug-likeness (QED) is 0.807. The van der Waals surface area contributed by atoms with Gasteiger partial charge in [-0.05, 0) is 31.6 Å². The number of hydrogen-bond acceptors (Lipinski definition) is 3. The predicted molar refractivity (Wildman–Crippen MR) is 95.7 cm³/mol. The number of rotatable bonds is 2. The van der Waals surface area contributed by atoms with E-state index in [1.807, 2.05) is 4.90 Å². The van der Waals surface area contributed by atoms with Crippen LogP contribution in [-0.2, 0) is 24.4 Å². The van der Waals surface area contributed by atoms with Crippen LogP contribution in [0.5, 0.6) is 0 Å². The number of nitrogens with one attached hydrogen (secondary N) is 1. The molecule has 3 amide bonds. The van der Waals surface area contributed by atoms with Gasteiger partial charge in [-0.1, -0.05) is 0 Å². The van der Waals surface area contributed by atoms with Crippen molar-refractivity contribution in [2.75, 3.05) is 26.2 Å². The van der Waals surface area contributed by atoms with Crippen LogP contribution in [0.2, 0.25) is 0 Å². The second-order valence-corrected chi connectivity index (χ2v) is 9.44. The summed E-state index contributed by atoms with van der Waals surface area (Å²) in [6.45, 7) is 2.50. The van der Waals surface area contributed by atoms with Crippen molar-refractivity contribution in [3.05, 3.63) is 17.5 Å². The minimum Gasteiger partial charge on any atom is -0.347 e. The van der Waals surface area contributed by atoms with Crippen molar-refractivity contribution in [2.45, 2.75) is 43.8 Å². The molecule has 1 aromatic rings. The fourth-order valence-corrected chi connectivity index (χ4v) is 5.81. The Morgan fingerprint density at radius 1 is 1.24 bits per heavy atom. The van der Waals surface area contributed by atoms with Gasteiger partial charge in [0.1, 0.15) is 5.69 Å². The van der Waals surface area contributed by atoms with Crippen LogP contribution in [0.4, 0.5) is 18.0 Å². The Kier molecular flexibility index (Phi) is 3.80. The molecule has 7 nitrogen and oxygen atoms in total. The molecule has 2 spiro atoms. The first kappa shape index (κ1) is 18.7. The summed E-state index contributed by atoms with van der Waals surface area (Å²) in [5, 5.41) is 6.76. The van der Waals surface area contributed by atoms with Gasteiger partial charge >= 0.3 is 12.2 Å². The highest BCUT2D eigenvalue weighted by molar-refractivity contribution is 5.82. The van der Waals surface area contributed by atoms with E-state index in [1.54, 1.807) is 4.90 Å². The smallest absolute Gasteiger partial charge is 0.347 e. The van der Waals surface area contributed by atoms with Gasteiger partial charge in [0, 0.05) is 50.6 Å². The SMILES string of the molecule is Cn1ncc(CC2CC3(C2)CN(C(=O)N2CC4(CCC(=O)N4)C2)C3)c1C(F)(F)F. The molecule has 4 aliphatic rings. The lowest BCUT2D eigenvalue weighted by Gasteiger charge is -2.61. The second-order valence-electron chi connectivity index (χ2n) is 9.44. The van der Waals surface area contributed by atoms with Gasteiger partial charge < -0.3 is 15.1 Å². The van der Waals surface area contributed by atoms with E-state index in [-0.39, 0.29) is 34.4 Å². The largest absolute Gasteiger partial charge is 0.433 e. The van der Waals surface area contributed by atoms with Gasteiger partial charge in [-0.15, -0.1) is 0 Å². The number of amides is 3. The van der Waals surface area contributed by atoms with E-state index in [0.717, 1.165) is 23.9 Å². The summed E-state index contributed by atoms with van der Waals surface area (Å²) in [5.74, 6) is 0.265. The van der Waals surface area contributed by atoms with Crippen LogP contribution < -0.4 is 5.32 Å². The number of carbonyl (C=O) groups is 2. The molecule has 0 aromatic carbocycles. The highest BCUT2D eigenvalue weighted by Crippen LogP contribution is 2.53. The minimum absolute atomic E-state index is 0.0115. The molecule has 1 N–H and O–H groups in total. The maximum absolute atomic E-state index is 13.2. The normalized spacial score (nSPS) is 25.0. The molecule has 1 saturated carbocycles. The summed E-state index contributed by atoms with van der Waals surface area (Å²) in [6, 6.07) is 0.0115. The van der Waals surface area contributed by atoms with Crippen molar-refractivity contribution in [2.24, 2.45) is 18.4 Å². The van der Waals surface area contributed by atoms with Gasteiger partial charge in [0.05, 0.1) is 11.7 Å². The van der Waals surface area contributed by atoms with E-state index in [1.165, 1.54) is 13.2 Å². The molecule has 1 aromatic heterocycles. The van der Waals surface area contributed by atoms with E-state index in [2.05, 4.69) is 10.4 Å². The Bertz CT molecular complexity index is 860. The van der Waals surface area contributed by atoms with Crippen molar-refractivity contribution >= 4 is 11.9 Å². The van der Waals surface area contributed by atoms with Crippen LogP contribution in [0.15, 0.2) is 6.20 Å². The zero-order valence-electron chi connectivity index (χ0n) is 16.3. The third-order valence-corrected chi connectivity index (χ3v) is 7.05. The molecule has 4 fully saturated rings. The van der Waals surface area contributed by atoms with Gasteiger partial charge in [-0.3, -0.25) is 9.48 Å². The summed E-state index contributed by atoms with van der Waals surface area (Å²) in [4.78, 5) is 27.6. The molecule has 158 valence electrons. The molecular formula is C19H24F3N5O2. The van der Waals surface area contributed by atoms with E-state index >= 15 is 0 Å².